The molecular weight excluding hydrogens is 230 g/mol. The third kappa shape index (κ3) is 3.54. The number of hydrogen-bond acceptors (Lipinski definition) is 6. The van der Waals surface area contributed by atoms with Crippen LogP contribution in [0.15, 0.2) is 37.2 Å². The summed E-state index contributed by atoms with van der Waals surface area (Å²) in [6.07, 6.45) is 6.59. The van der Waals surface area contributed by atoms with Gasteiger partial charge in [0, 0.05) is 29.7 Å². The van der Waals surface area contributed by atoms with Crippen molar-refractivity contribution in [1.82, 2.24) is 19.9 Å². The normalized spacial score (nSPS) is 14.1. The molecule has 0 saturated heterocycles. The lowest BCUT2D eigenvalue weighted by molar-refractivity contribution is 0.161. The second-order valence-corrected chi connectivity index (χ2v) is 4.04. The van der Waals surface area contributed by atoms with Crippen molar-refractivity contribution in [3.05, 3.63) is 48.6 Å². The first-order valence-corrected chi connectivity index (χ1v) is 5.70. The van der Waals surface area contributed by atoms with Crippen molar-refractivity contribution in [3.8, 4) is 0 Å². The minimum Gasteiger partial charge on any atom is -0.379 e. The van der Waals surface area contributed by atoms with E-state index in [2.05, 4.69) is 19.9 Å². The second kappa shape index (κ2) is 6.13. The van der Waals surface area contributed by atoms with E-state index in [1.165, 1.54) is 12.7 Å². The molecule has 0 aliphatic rings. The third-order valence-electron chi connectivity index (χ3n) is 2.65. The lowest BCUT2D eigenvalue weighted by atomic mass is 9.94. The summed E-state index contributed by atoms with van der Waals surface area (Å²) in [5.74, 6) is 0.0166. The predicted molar refractivity (Wildman–Crippen MR) is 65.3 cm³/mol. The summed E-state index contributed by atoms with van der Waals surface area (Å²) in [6.45, 7) is 0. The maximum Gasteiger partial charge on any atom is 0.115 e. The maximum atomic E-state index is 9.36. The Labute approximate surface area is 105 Å². The largest absolute Gasteiger partial charge is 0.379 e. The minimum atomic E-state index is -0.869. The number of aromatic nitrogens is 4. The molecule has 6 nitrogen and oxygen atoms in total. The van der Waals surface area contributed by atoms with E-state index in [1.54, 1.807) is 12.4 Å². The van der Waals surface area contributed by atoms with Gasteiger partial charge in [0.05, 0.1) is 0 Å². The molecular formula is C12H15N5O. The minimum absolute atomic E-state index is 0.0166. The van der Waals surface area contributed by atoms with Crippen molar-refractivity contribution in [1.29, 1.82) is 0 Å². The molecule has 0 radical (unpaired) electrons. The Balaban J connectivity index is 2.16. The molecule has 18 heavy (non-hydrogen) atoms. The molecule has 0 spiro atoms. The Bertz CT molecular complexity index is 462. The average Bonchev–Trinajstić information content (AvgIpc) is 2.40. The van der Waals surface area contributed by atoms with Crippen LogP contribution in [-0.2, 0) is 6.42 Å². The van der Waals surface area contributed by atoms with Crippen LogP contribution in [-0.4, -0.2) is 31.3 Å². The third-order valence-corrected chi connectivity index (χ3v) is 2.65. The van der Waals surface area contributed by atoms with E-state index in [0.29, 0.717) is 12.8 Å². The molecule has 0 amide bonds. The molecule has 6 heteroatoms. The van der Waals surface area contributed by atoms with E-state index >= 15 is 0 Å². The maximum absolute atomic E-state index is 9.36. The predicted octanol–water partition coefficient (Wildman–Crippen LogP) is 0.260. The molecule has 2 aromatic rings. The van der Waals surface area contributed by atoms with Gasteiger partial charge in [-0.25, -0.2) is 19.9 Å². The molecule has 2 rings (SSSR count). The quantitative estimate of drug-likeness (QED) is 0.733. The monoisotopic (exact) mass is 245 g/mol. The summed E-state index contributed by atoms with van der Waals surface area (Å²) in [7, 11) is 0. The van der Waals surface area contributed by atoms with E-state index < -0.39 is 6.23 Å². The van der Waals surface area contributed by atoms with Crippen molar-refractivity contribution in [2.24, 2.45) is 5.73 Å². The fourth-order valence-electron chi connectivity index (χ4n) is 1.83. The Morgan fingerprint density at radius 1 is 1.11 bits per heavy atom. The lowest BCUT2D eigenvalue weighted by Crippen LogP contribution is -2.23. The van der Waals surface area contributed by atoms with E-state index in [4.69, 9.17) is 5.73 Å². The molecule has 0 fully saturated rings. The van der Waals surface area contributed by atoms with Gasteiger partial charge in [0.2, 0.25) is 0 Å². The van der Waals surface area contributed by atoms with Crippen LogP contribution in [0.2, 0.25) is 0 Å². The number of aliphatic hydroxyl groups excluding tert-OH is 1. The van der Waals surface area contributed by atoms with Gasteiger partial charge in [0.1, 0.15) is 18.9 Å². The fourth-order valence-corrected chi connectivity index (χ4v) is 1.83. The van der Waals surface area contributed by atoms with Crippen LogP contribution in [0.4, 0.5) is 0 Å². The first-order chi connectivity index (χ1) is 8.75. The Hall–Kier alpha value is -1.92. The van der Waals surface area contributed by atoms with Crippen LogP contribution in [0, 0.1) is 0 Å². The molecule has 3 N–H and O–H groups in total. The topological polar surface area (TPSA) is 97.8 Å². The standard InChI is InChI=1S/C12H15N5O/c13-12(18)6-9(11-2-4-15-8-17-11)5-10-1-3-14-7-16-10/h1-4,7-9,12,18H,5-6,13H2. The average molecular weight is 245 g/mol. The smallest absolute Gasteiger partial charge is 0.115 e. The van der Waals surface area contributed by atoms with Crippen molar-refractivity contribution >= 4 is 0 Å². The van der Waals surface area contributed by atoms with E-state index in [-0.39, 0.29) is 5.92 Å². The van der Waals surface area contributed by atoms with Gasteiger partial charge in [0.15, 0.2) is 0 Å². The zero-order chi connectivity index (χ0) is 12.8. The molecule has 0 aliphatic heterocycles. The summed E-state index contributed by atoms with van der Waals surface area (Å²) in [5.41, 5.74) is 7.22. The molecule has 0 aromatic carbocycles. The van der Waals surface area contributed by atoms with Gasteiger partial charge in [-0.3, -0.25) is 0 Å². The number of hydrogen-bond donors (Lipinski definition) is 2. The van der Waals surface area contributed by atoms with Crippen molar-refractivity contribution < 1.29 is 5.11 Å². The van der Waals surface area contributed by atoms with Crippen molar-refractivity contribution in [2.45, 2.75) is 25.0 Å². The highest BCUT2D eigenvalue weighted by molar-refractivity contribution is 5.11. The number of nitrogens with two attached hydrogens (primary N) is 1. The number of aliphatic hydroxyl groups is 1. The van der Waals surface area contributed by atoms with Crippen LogP contribution in [0.5, 0.6) is 0 Å². The highest BCUT2D eigenvalue weighted by atomic mass is 16.3. The van der Waals surface area contributed by atoms with E-state index in [0.717, 1.165) is 11.4 Å². The molecule has 0 bridgehead atoms. The summed E-state index contributed by atoms with van der Waals surface area (Å²) in [4.78, 5) is 16.1. The highest BCUT2D eigenvalue weighted by Crippen LogP contribution is 2.21. The SMILES string of the molecule is NC(O)CC(Cc1ccncn1)c1ccncn1. The van der Waals surface area contributed by atoms with Gasteiger partial charge in [-0.2, -0.15) is 0 Å². The highest BCUT2D eigenvalue weighted by Gasteiger charge is 2.17. The van der Waals surface area contributed by atoms with Gasteiger partial charge in [-0.05, 0) is 25.0 Å². The van der Waals surface area contributed by atoms with Crippen LogP contribution in [0.3, 0.4) is 0 Å². The summed E-state index contributed by atoms with van der Waals surface area (Å²) in [6, 6.07) is 3.67. The number of nitrogens with zero attached hydrogens (tertiary/aromatic N) is 4. The van der Waals surface area contributed by atoms with Crippen molar-refractivity contribution in [2.75, 3.05) is 0 Å². The second-order valence-electron chi connectivity index (χ2n) is 4.04. The molecule has 0 saturated carbocycles. The van der Waals surface area contributed by atoms with Gasteiger partial charge in [-0.15, -0.1) is 0 Å². The van der Waals surface area contributed by atoms with Crippen LogP contribution >= 0.6 is 0 Å². The fraction of sp³-hybridized carbons (Fsp3) is 0.333. The lowest BCUT2D eigenvalue weighted by Gasteiger charge is -2.17. The first-order valence-electron chi connectivity index (χ1n) is 5.70. The van der Waals surface area contributed by atoms with Gasteiger partial charge < -0.3 is 10.8 Å². The van der Waals surface area contributed by atoms with Gasteiger partial charge in [-0.1, -0.05) is 0 Å². The van der Waals surface area contributed by atoms with E-state index in [9.17, 15) is 5.11 Å². The summed E-state index contributed by atoms with van der Waals surface area (Å²) in [5, 5.41) is 9.36. The zero-order valence-electron chi connectivity index (χ0n) is 9.85. The van der Waals surface area contributed by atoms with E-state index in [1.807, 2.05) is 12.1 Å². The molecule has 2 atom stereocenters. The van der Waals surface area contributed by atoms with Crippen LogP contribution < -0.4 is 5.73 Å². The Kier molecular flexibility index (Phi) is 4.27. The number of rotatable bonds is 5. The summed E-state index contributed by atoms with van der Waals surface area (Å²) >= 11 is 0. The first kappa shape index (κ1) is 12.5. The van der Waals surface area contributed by atoms with Crippen LogP contribution in [0.25, 0.3) is 0 Å². The molecule has 2 unspecified atom stereocenters. The Morgan fingerprint density at radius 3 is 2.39 bits per heavy atom. The molecule has 2 aromatic heterocycles. The summed E-state index contributed by atoms with van der Waals surface area (Å²) < 4.78 is 0. The Morgan fingerprint density at radius 2 is 1.83 bits per heavy atom. The van der Waals surface area contributed by atoms with Gasteiger partial charge >= 0.3 is 0 Å². The molecule has 0 aliphatic carbocycles. The van der Waals surface area contributed by atoms with Gasteiger partial charge in [0.25, 0.3) is 0 Å². The van der Waals surface area contributed by atoms with Crippen LogP contribution in [0.1, 0.15) is 23.7 Å². The molecule has 94 valence electrons. The van der Waals surface area contributed by atoms with Crippen molar-refractivity contribution in [3.63, 3.8) is 0 Å². The zero-order valence-corrected chi connectivity index (χ0v) is 9.85. The molecule has 2 heterocycles.